The number of carbonyl (C=O) groups is 2. The number of rotatable bonds is 4. The number of anilines is 1. The number of aromatic amines is 1. The Kier molecular flexibility index (Phi) is 3.85. The molecule has 1 aromatic carbocycles. The van der Waals surface area contributed by atoms with Gasteiger partial charge in [0.15, 0.2) is 0 Å². The van der Waals surface area contributed by atoms with Gasteiger partial charge in [-0.2, -0.15) is 5.26 Å². The topological polar surface area (TPSA) is 151 Å². The molecule has 5 N–H and O–H groups in total. The van der Waals surface area contributed by atoms with E-state index in [2.05, 4.69) is 16.3 Å². The molecule has 1 unspecified atom stereocenters. The largest absolute Gasteiger partial charge is 0.420 e. The van der Waals surface area contributed by atoms with E-state index >= 15 is 0 Å². The number of H-pyrrole nitrogens is 1. The van der Waals surface area contributed by atoms with E-state index in [-0.39, 0.29) is 23.9 Å². The second-order valence-electron chi connectivity index (χ2n) is 6.71. The number of hydrogen-bond donors (Lipinski definition) is 3. The van der Waals surface area contributed by atoms with Gasteiger partial charge in [-0.1, -0.05) is 31.5 Å². The van der Waals surface area contributed by atoms with Crippen LogP contribution in [0.3, 0.4) is 0 Å². The van der Waals surface area contributed by atoms with Crippen LogP contribution in [0.4, 0.5) is 5.69 Å². The summed E-state index contributed by atoms with van der Waals surface area (Å²) in [6.45, 7) is 1.68. The number of nitriles is 1. The van der Waals surface area contributed by atoms with E-state index in [1.807, 2.05) is 6.92 Å². The van der Waals surface area contributed by atoms with Crippen molar-refractivity contribution in [2.24, 2.45) is 11.5 Å². The molecule has 0 fully saturated rings. The lowest BCUT2D eigenvalue weighted by Gasteiger charge is -2.32. The van der Waals surface area contributed by atoms with Gasteiger partial charge in [0.25, 0.3) is 0 Å². The van der Waals surface area contributed by atoms with E-state index < -0.39 is 17.2 Å². The first-order valence-corrected chi connectivity index (χ1v) is 8.82. The molecule has 4 rings (SSSR count). The summed E-state index contributed by atoms with van der Waals surface area (Å²) in [7, 11) is 0. The zero-order chi connectivity index (χ0) is 20.1. The highest BCUT2D eigenvalue weighted by Crippen LogP contribution is 2.55. The number of amides is 2. The highest BCUT2D eigenvalue weighted by atomic mass is 16.5. The SMILES string of the molecule is CCCc1[nH]nc2c1C1(C(=O)N(CC(N)=O)c3ccccc31)C(C#N)=C(N)O2. The normalized spacial score (nSPS) is 20.0. The van der Waals surface area contributed by atoms with E-state index in [9.17, 15) is 14.9 Å². The minimum absolute atomic E-state index is 0.0248. The third-order valence-electron chi connectivity index (χ3n) is 5.10. The zero-order valence-electron chi connectivity index (χ0n) is 15.2. The number of primary amides is 1. The highest BCUT2D eigenvalue weighted by molar-refractivity contribution is 6.16. The number of hydrogen-bond acceptors (Lipinski definition) is 6. The Bertz CT molecular complexity index is 1080. The van der Waals surface area contributed by atoms with Crippen LogP contribution in [0.25, 0.3) is 0 Å². The predicted octanol–water partition coefficient (Wildman–Crippen LogP) is 0.566. The molecule has 0 aliphatic carbocycles. The summed E-state index contributed by atoms with van der Waals surface area (Å²) in [5, 5.41) is 17.0. The fraction of sp³-hybridized carbons (Fsp3) is 0.263. The van der Waals surface area contributed by atoms with E-state index in [1.165, 1.54) is 4.90 Å². The smallest absolute Gasteiger partial charge is 0.248 e. The number of nitrogens with two attached hydrogens (primary N) is 2. The molecule has 2 aliphatic rings. The van der Waals surface area contributed by atoms with Crippen molar-refractivity contribution in [1.29, 1.82) is 5.26 Å². The van der Waals surface area contributed by atoms with Gasteiger partial charge in [0.1, 0.15) is 23.6 Å². The van der Waals surface area contributed by atoms with E-state index in [0.717, 1.165) is 6.42 Å². The lowest BCUT2D eigenvalue weighted by atomic mass is 9.68. The van der Waals surface area contributed by atoms with E-state index in [4.69, 9.17) is 16.2 Å². The van der Waals surface area contributed by atoms with Gasteiger partial charge in [-0.15, -0.1) is 5.10 Å². The molecule has 9 heteroatoms. The maximum Gasteiger partial charge on any atom is 0.248 e. The molecule has 2 amide bonds. The lowest BCUT2D eigenvalue weighted by molar-refractivity contribution is -0.123. The van der Waals surface area contributed by atoms with Crippen LogP contribution in [-0.4, -0.2) is 28.6 Å². The van der Waals surface area contributed by atoms with Gasteiger partial charge < -0.3 is 21.1 Å². The Balaban J connectivity index is 2.10. The number of nitrogens with one attached hydrogen (secondary N) is 1. The quantitative estimate of drug-likeness (QED) is 0.707. The van der Waals surface area contributed by atoms with Crippen molar-refractivity contribution in [3.05, 3.63) is 52.5 Å². The molecule has 0 saturated heterocycles. The third kappa shape index (κ3) is 2.08. The van der Waals surface area contributed by atoms with Crippen molar-refractivity contribution in [3.8, 4) is 11.9 Å². The highest BCUT2D eigenvalue weighted by Gasteiger charge is 2.61. The second-order valence-corrected chi connectivity index (χ2v) is 6.71. The molecular weight excluding hydrogens is 360 g/mol. The summed E-state index contributed by atoms with van der Waals surface area (Å²) in [4.78, 5) is 26.7. The van der Waals surface area contributed by atoms with Crippen LogP contribution in [-0.2, 0) is 21.4 Å². The van der Waals surface area contributed by atoms with E-state index in [1.54, 1.807) is 24.3 Å². The minimum Gasteiger partial charge on any atom is -0.420 e. The molecule has 2 aromatic rings. The molecule has 3 heterocycles. The number of para-hydroxylation sites is 1. The Labute approximate surface area is 160 Å². The minimum atomic E-state index is -1.53. The Morgan fingerprint density at radius 1 is 1.43 bits per heavy atom. The number of carbonyl (C=O) groups excluding carboxylic acids is 2. The molecular formula is C19H18N6O3. The van der Waals surface area contributed by atoms with Gasteiger partial charge in [-0.3, -0.25) is 14.7 Å². The molecule has 1 atom stereocenters. The van der Waals surface area contributed by atoms with Gasteiger partial charge in [0.2, 0.25) is 23.6 Å². The third-order valence-corrected chi connectivity index (χ3v) is 5.10. The first-order chi connectivity index (χ1) is 13.5. The monoisotopic (exact) mass is 378 g/mol. The number of aromatic nitrogens is 2. The van der Waals surface area contributed by atoms with Gasteiger partial charge in [-0.25, -0.2) is 0 Å². The predicted molar refractivity (Wildman–Crippen MR) is 98.8 cm³/mol. The first-order valence-electron chi connectivity index (χ1n) is 8.82. The molecule has 0 bridgehead atoms. The summed E-state index contributed by atoms with van der Waals surface area (Å²) < 4.78 is 5.56. The summed E-state index contributed by atoms with van der Waals surface area (Å²) in [5.41, 5.74) is 12.0. The van der Waals surface area contributed by atoms with Crippen LogP contribution in [0.15, 0.2) is 35.7 Å². The Morgan fingerprint density at radius 2 is 2.18 bits per heavy atom. The summed E-state index contributed by atoms with van der Waals surface area (Å²) in [5.74, 6) is -1.17. The fourth-order valence-corrected chi connectivity index (χ4v) is 4.10. The molecule has 0 radical (unpaired) electrons. The Hall–Kier alpha value is -3.80. The summed E-state index contributed by atoms with van der Waals surface area (Å²) in [6, 6.07) is 9.03. The number of aryl methyl sites for hydroxylation is 1. The molecule has 28 heavy (non-hydrogen) atoms. The number of ether oxygens (including phenoxy) is 1. The van der Waals surface area contributed by atoms with Crippen LogP contribution in [0, 0.1) is 11.3 Å². The summed E-state index contributed by atoms with van der Waals surface area (Å²) >= 11 is 0. The van der Waals surface area contributed by atoms with E-state index in [0.29, 0.717) is 28.9 Å². The van der Waals surface area contributed by atoms with Gasteiger partial charge >= 0.3 is 0 Å². The number of benzene rings is 1. The lowest BCUT2D eigenvalue weighted by Crippen LogP contribution is -2.48. The van der Waals surface area contributed by atoms with Crippen LogP contribution in [0.2, 0.25) is 0 Å². The van der Waals surface area contributed by atoms with Crippen molar-refractivity contribution >= 4 is 17.5 Å². The maximum absolute atomic E-state index is 13.8. The first kappa shape index (κ1) is 17.6. The maximum atomic E-state index is 13.8. The standard InChI is InChI=1S/C19H18N6O3/c1-2-5-12-15-17(24-23-12)28-16(22)11(8-20)19(15)10-6-3-4-7-13(10)25(18(19)27)9-14(21)26/h3-4,6-7H,2,5,9,22H2,1H3,(H2,21,26)(H,23,24). The molecule has 2 aliphatic heterocycles. The molecule has 9 nitrogen and oxygen atoms in total. The molecule has 1 spiro atoms. The van der Waals surface area contributed by atoms with Crippen LogP contribution < -0.4 is 21.1 Å². The van der Waals surface area contributed by atoms with Crippen molar-refractivity contribution in [3.63, 3.8) is 0 Å². The van der Waals surface area contributed by atoms with Gasteiger partial charge in [0, 0.05) is 16.9 Å². The van der Waals surface area contributed by atoms with Crippen molar-refractivity contribution < 1.29 is 14.3 Å². The van der Waals surface area contributed by atoms with Gasteiger partial charge in [0.05, 0.1) is 5.56 Å². The van der Waals surface area contributed by atoms with Crippen molar-refractivity contribution in [2.75, 3.05) is 11.4 Å². The van der Waals surface area contributed by atoms with Gasteiger partial charge in [-0.05, 0) is 12.5 Å². The average molecular weight is 378 g/mol. The van der Waals surface area contributed by atoms with Crippen molar-refractivity contribution in [2.45, 2.75) is 25.2 Å². The van der Waals surface area contributed by atoms with Crippen molar-refractivity contribution in [1.82, 2.24) is 10.2 Å². The molecule has 142 valence electrons. The fourth-order valence-electron chi connectivity index (χ4n) is 4.10. The summed E-state index contributed by atoms with van der Waals surface area (Å²) in [6.07, 6.45) is 1.38. The Morgan fingerprint density at radius 3 is 2.86 bits per heavy atom. The zero-order valence-corrected chi connectivity index (χ0v) is 15.2. The molecule has 1 aromatic heterocycles. The van der Waals surface area contributed by atoms with Crippen LogP contribution in [0.5, 0.6) is 5.88 Å². The van der Waals surface area contributed by atoms with Crippen LogP contribution in [0.1, 0.15) is 30.2 Å². The second kappa shape index (κ2) is 6.13. The number of nitrogens with zero attached hydrogens (tertiary/aromatic N) is 3. The number of fused-ring (bicyclic) bond motifs is 4. The van der Waals surface area contributed by atoms with Crippen LogP contribution >= 0.6 is 0 Å². The average Bonchev–Trinajstić information content (AvgIpc) is 3.16. The molecule has 0 saturated carbocycles.